The molecule has 0 radical (unpaired) electrons. The quantitative estimate of drug-likeness (QED) is 0.438. The number of hydrogen-bond acceptors (Lipinski definition) is 7. The molecule has 2 fully saturated rings. The number of benzene rings is 1. The van der Waals surface area contributed by atoms with E-state index in [2.05, 4.69) is 10.3 Å². The van der Waals surface area contributed by atoms with Crippen molar-refractivity contribution in [3.63, 3.8) is 0 Å². The third kappa shape index (κ3) is 5.73. The molecule has 1 saturated carbocycles. The molecule has 3 aliphatic rings. The number of aryl methyl sites for hydroxylation is 1. The van der Waals surface area contributed by atoms with Crippen molar-refractivity contribution in [2.75, 3.05) is 33.4 Å². The first-order valence-corrected chi connectivity index (χ1v) is 15.2. The lowest BCUT2D eigenvalue weighted by atomic mass is 9.66. The molecule has 1 aromatic carbocycles. The van der Waals surface area contributed by atoms with Crippen LogP contribution in [0, 0.1) is 11.3 Å². The number of methoxy groups -OCH3 is 1. The predicted octanol–water partition coefficient (Wildman–Crippen LogP) is 3.57. The number of aliphatic carboxylic acids is 1. The van der Waals surface area contributed by atoms with Crippen LogP contribution in [0.5, 0.6) is 5.75 Å². The summed E-state index contributed by atoms with van der Waals surface area (Å²) in [7, 11) is 3.47. The Morgan fingerprint density at radius 3 is 2.71 bits per heavy atom. The third-order valence-corrected chi connectivity index (χ3v) is 9.70. The number of nitrogens with zero attached hydrogens (tertiary/aromatic N) is 5. The second kappa shape index (κ2) is 12.6. The molecule has 5 rings (SSSR count). The van der Waals surface area contributed by atoms with Gasteiger partial charge < -0.3 is 24.4 Å². The standard InChI is InChI=1S/C30H40ClN5O6/c1-30(29(39)40)13-5-4-7-20(30)28(38)36-15-11-19-21(31)9-10-25(27(19)24(36)17-35-14-6-8-26(35)37)42-18-22-23(12-16-41-3)34(2)33-32-22/h9-10,20,24H,4-8,11-18H2,1-3H3,(H,39,40)/t20?,24-,30-/m1/s1. The van der Waals surface area contributed by atoms with Crippen molar-refractivity contribution in [1.82, 2.24) is 24.8 Å². The number of aromatic nitrogens is 3. The maximum Gasteiger partial charge on any atom is 0.310 e. The van der Waals surface area contributed by atoms with Crippen molar-refractivity contribution in [3.05, 3.63) is 39.7 Å². The van der Waals surface area contributed by atoms with Crippen molar-refractivity contribution in [1.29, 1.82) is 0 Å². The number of carboxylic acid groups (broad SMARTS) is 1. The van der Waals surface area contributed by atoms with Gasteiger partial charge >= 0.3 is 5.97 Å². The van der Waals surface area contributed by atoms with Gasteiger partial charge in [0.15, 0.2) is 0 Å². The van der Waals surface area contributed by atoms with Crippen LogP contribution in [0.15, 0.2) is 12.1 Å². The Hall–Kier alpha value is -3.18. The number of hydrogen-bond donors (Lipinski definition) is 1. The fourth-order valence-corrected chi connectivity index (χ4v) is 7.09. The number of halogens is 1. The molecule has 42 heavy (non-hydrogen) atoms. The van der Waals surface area contributed by atoms with E-state index in [0.29, 0.717) is 74.8 Å². The summed E-state index contributed by atoms with van der Waals surface area (Å²) in [5.41, 5.74) is 2.12. The molecule has 3 heterocycles. The number of amides is 2. The number of likely N-dealkylation sites (tertiary alicyclic amines) is 1. The number of carboxylic acids is 1. The first kappa shape index (κ1) is 30.3. The van der Waals surface area contributed by atoms with Crippen LogP contribution < -0.4 is 4.74 Å². The van der Waals surface area contributed by atoms with E-state index in [1.54, 1.807) is 40.6 Å². The van der Waals surface area contributed by atoms with Crippen LogP contribution in [0.25, 0.3) is 0 Å². The van der Waals surface area contributed by atoms with Crippen molar-refractivity contribution in [2.45, 2.75) is 70.9 Å². The molecule has 1 aromatic heterocycles. The summed E-state index contributed by atoms with van der Waals surface area (Å²) < 4.78 is 13.4. The van der Waals surface area contributed by atoms with Gasteiger partial charge in [0.1, 0.15) is 18.1 Å². The van der Waals surface area contributed by atoms with E-state index in [0.717, 1.165) is 36.1 Å². The average molecular weight is 602 g/mol. The first-order chi connectivity index (χ1) is 20.2. The Morgan fingerprint density at radius 1 is 1.19 bits per heavy atom. The molecule has 3 atom stereocenters. The van der Waals surface area contributed by atoms with Crippen LogP contribution >= 0.6 is 11.6 Å². The molecular formula is C30H40ClN5O6. The lowest BCUT2D eigenvalue weighted by Crippen LogP contribution is -2.52. The first-order valence-electron chi connectivity index (χ1n) is 14.8. The highest BCUT2D eigenvalue weighted by molar-refractivity contribution is 6.31. The molecule has 1 unspecified atom stereocenters. The van der Waals surface area contributed by atoms with Crippen LogP contribution in [0.4, 0.5) is 0 Å². The monoisotopic (exact) mass is 601 g/mol. The lowest BCUT2D eigenvalue weighted by molar-refractivity contribution is -0.162. The fraction of sp³-hybridized carbons (Fsp3) is 0.633. The summed E-state index contributed by atoms with van der Waals surface area (Å²) in [6.45, 7) is 3.67. The van der Waals surface area contributed by atoms with Gasteiger partial charge in [-0.25, -0.2) is 0 Å². The van der Waals surface area contributed by atoms with Crippen LogP contribution in [-0.4, -0.2) is 81.0 Å². The SMILES string of the molecule is COCCc1c(COc2ccc(Cl)c3c2[C@@H](CN2CCCC2=O)N(C(=O)C2CCCC[C@@]2(C)C(=O)O)CC3)nnn1C. The molecule has 228 valence electrons. The van der Waals surface area contributed by atoms with Crippen LogP contribution in [0.3, 0.4) is 0 Å². The average Bonchev–Trinajstić information content (AvgIpc) is 3.55. The van der Waals surface area contributed by atoms with Crippen LogP contribution in [0.1, 0.15) is 74.0 Å². The van der Waals surface area contributed by atoms with E-state index in [4.69, 9.17) is 21.1 Å². The van der Waals surface area contributed by atoms with E-state index in [1.165, 1.54) is 0 Å². The normalized spacial score (nSPS) is 24.1. The Bertz CT molecular complexity index is 1350. The molecule has 2 aliphatic heterocycles. The molecule has 12 heteroatoms. The van der Waals surface area contributed by atoms with Crippen molar-refractivity contribution in [2.24, 2.45) is 18.4 Å². The maximum absolute atomic E-state index is 14.3. The highest BCUT2D eigenvalue weighted by Gasteiger charge is 2.50. The number of carbonyl (C=O) groups is 3. The van der Waals surface area contributed by atoms with Gasteiger partial charge in [0.25, 0.3) is 0 Å². The van der Waals surface area contributed by atoms with E-state index < -0.39 is 23.3 Å². The molecule has 0 spiro atoms. The Labute approximate surface area is 251 Å². The summed E-state index contributed by atoms with van der Waals surface area (Å²) in [6.07, 6.45) is 4.95. The van der Waals surface area contributed by atoms with Crippen molar-refractivity contribution >= 4 is 29.4 Å². The molecule has 1 N–H and O–H groups in total. The zero-order valence-electron chi connectivity index (χ0n) is 24.6. The van der Waals surface area contributed by atoms with Crippen LogP contribution in [-0.2, 0) is 45.6 Å². The molecule has 2 aromatic rings. The summed E-state index contributed by atoms with van der Waals surface area (Å²) in [6, 6.07) is 3.09. The van der Waals surface area contributed by atoms with Gasteiger partial charge in [0.2, 0.25) is 11.8 Å². The number of carbonyl (C=O) groups excluding carboxylic acids is 2. The topological polar surface area (TPSA) is 127 Å². The Morgan fingerprint density at radius 2 is 2.00 bits per heavy atom. The third-order valence-electron chi connectivity index (χ3n) is 9.35. The van der Waals surface area contributed by atoms with E-state index in [9.17, 15) is 19.5 Å². The van der Waals surface area contributed by atoms with Crippen molar-refractivity contribution in [3.8, 4) is 5.75 Å². The fourth-order valence-electron chi connectivity index (χ4n) is 6.83. The van der Waals surface area contributed by atoms with Gasteiger partial charge in [-0.15, -0.1) is 5.10 Å². The minimum Gasteiger partial charge on any atom is -0.487 e. The molecule has 1 aliphatic carbocycles. The summed E-state index contributed by atoms with van der Waals surface area (Å²) in [5.74, 6) is -1.15. The summed E-state index contributed by atoms with van der Waals surface area (Å²) in [4.78, 5) is 43.1. The predicted molar refractivity (Wildman–Crippen MR) is 154 cm³/mol. The van der Waals surface area contributed by atoms with Crippen molar-refractivity contribution < 1.29 is 29.0 Å². The van der Waals surface area contributed by atoms with E-state index in [1.807, 2.05) is 7.05 Å². The van der Waals surface area contributed by atoms with Gasteiger partial charge in [-0.05, 0) is 50.3 Å². The highest BCUT2D eigenvalue weighted by Crippen LogP contribution is 2.46. The zero-order valence-corrected chi connectivity index (χ0v) is 25.4. The van der Waals surface area contributed by atoms with Gasteiger partial charge in [-0.1, -0.05) is 29.7 Å². The second-order valence-corrected chi connectivity index (χ2v) is 12.2. The molecule has 2 amide bonds. The minimum absolute atomic E-state index is 0.0504. The molecule has 1 saturated heterocycles. The largest absolute Gasteiger partial charge is 0.487 e. The summed E-state index contributed by atoms with van der Waals surface area (Å²) in [5, 5.41) is 19.2. The van der Waals surface area contributed by atoms with Gasteiger partial charge in [-0.2, -0.15) is 0 Å². The maximum atomic E-state index is 14.3. The van der Waals surface area contributed by atoms with Gasteiger partial charge in [-0.3, -0.25) is 19.1 Å². The Kier molecular flexibility index (Phi) is 9.08. The second-order valence-electron chi connectivity index (χ2n) is 11.8. The summed E-state index contributed by atoms with van der Waals surface area (Å²) >= 11 is 6.73. The van der Waals surface area contributed by atoms with Crippen LogP contribution in [0.2, 0.25) is 5.02 Å². The van der Waals surface area contributed by atoms with Gasteiger partial charge in [0.05, 0.1) is 29.7 Å². The number of rotatable bonds is 10. The lowest BCUT2D eigenvalue weighted by Gasteiger charge is -2.45. The number of ether oxygens (including phenoxy) is 2. The number of fused-ring (bicyclic) bond motifs is 1. The Balaban J connectivity index is 1.51. The van der Waals surface area contributed by atoms with E-state index in [-0.39, 0.29) is 18.4 Å². The molecule has 0 bridgehead atoms. The van der Waals surface area contributed by atoms with E-state index >= 15 is 0 Å². The minimum atomic E-state index is -1.14. The van der Waals surface area contributed by atoms with Gasteiger partial charge in [0, 0.05) is 57.2 Å². The molecule has 11 nitrogen and oxygen atoms in total. The molecular weight excluding hydrogens is 562 g/mol. The zero-order chi connectivity index (χ0) is 30.0. The smallest absolute Gasteiger partial charge is 0.310 e. The highest BCUT2D eigenvalue weighted by atomic mass is 35.5.